The lowest BCUT2D eigenvalue weighted by atomic mass is 10.0. The first kappa shape index (κ1) is 22.4. The smallest absolute Gasteiger partial charge is 0.414 e. The van der Waals surface area contributed by atoms with Gasteiger partial charge in [-0.25, -0.2) is 4.99 Å². The number of hydrogen-bond donors (Lipinski definition) is 3. The highest BCUT2D eigenvalue weighted by atomic mass is 19.4. The van der Waals surface area contributed by atoms with Gasteiger partial charge in [-0.1, -0.05) is 32.0 Å². The molecule has 0 aromatic heterocycles. The Morgan fingerprint density at radius 1 is 1.21 bits per heavy atom. The highest BCUT2D eigenvalue weighted by molar-refractivity contribution is 5.94. The third-order valence-corrected chi connectivity index (χ3v) is 2.92. The van der Waals surface area contributed by atoms with Crippen molar-refractivity contribution in [2.45, 2.75) is 51.3 Å². The van der Waals surface area contributed by atoms with E-state index in [1.807, 2.05) is 13.8 Å². The Kier molecular flexibility index (Phi) is 10.3. The summed E-state index contributed by atoms with van der Waals surface area (Å²) in [5, 5.41) is 25.6. The maximum absolute atomic E-state index is 12.3. The second kappa shape index (κ2) is 11.0. The van der Waals surface area contributed by atoms with E-state index in [2.05, 4.69) is 4.99 Å². The van der Waals surface area contributed by atoms with Gasteiger partial charge in [-0.2, -0.15) is 13.2 Å². The second-order valence-corrected chi connectivity index (χ2v) is 4.56. The molecule has 1 aliphatic rings. The fourth-order valence-corrected chi connectivity index (χ4v) is 1.92. The molecule has 1 aromatic carbocycles. The van der Waals surface area contributed by atoms with E-state index < -0.39 is 31.0 Å². The summed E-state index contributed by atoms with van der Waals surface area (Å²) in [5.41, 5.74) is 0.567. The van der Waals surface area contributed by atoms with Crippen LogP contribution in [0.3, 0.4) is 0 Å². The molecule has 3 atom stereocenters. The number of rotatable bonds is 3. The molecule has 138 valence electrons. The summed E-state index contributed by atoms with van der Waals surface area (Å²) in [4.78, 5) is 4.03. The number of halogens is 3. The molecule has 1 heterocycles. The van der Waals surface area contributed by atoms with E-state index in [1.54, 1.807) is 30.3 Å². The average Bonchev–Trinajstić information content (AvgIpc) is 2.58. The molecular formula is C16H24F3NO4. The zero-order valence-electron chi connectivity index (χ0n) is 13.9. The number of alkyl halides is 3. The molecule has 8 heteroatoms. The summed E-state index contributed by atoms with van der Waals surface area (Å²) >= 11 is 0. The lowest BCUT2D eigenvalue weighted by molar-refractivity contribution is -0.207. The zero-order valence-corrected chi connectivity index (χ0v) is 13.9. The standard InChI is InChI=1S/C13H14F3NO3.C2H6.CH4O/c14-13(15,16)10(18)6-9-7-11(19)20-12(17-9)8-4-2-1-3-5-8;2*1-2/h1-5,9-11,18-19H,6-7H2;1-2H3;2H,1H3. The van der Waals surface area contributed by atoms with Gasteiger partial charge in [0.05, 0.1) is 6.04 Å². The molecular weight excluding hydrogens is 327 g/mol. The Bertz CT molecular complexity index is 480. The minimum atomic E-state index is -4.69. The molecule has 5 nitrogen and oxygen atoms in total. The van der Waals surface area contributed by atoms with E-state index in [0.29, 0.717) is 5.56 Å². The first-order valence-corrected chi connectivity index (χ1v) is 7.53. The maximum Gasteiger partial charge on any atom is 0.414 e. The van der Waals surface area contributed by atoms with E-state index >= 15 is 0 Å². The third kappa shape index (κ3) is 7.29. The molecule has 0 saturated carbocycles. The van der Waals surface area contributed by atoms with Gasteiger partial charge in [0.25, 0.3) is 0 Å². The monoisotopic (exact) mass is 351 g/mol. The van der Waals surface area contributed by atoms with Crippen LogP contribution in [0.4, 0.5) is 13.2 Å². The molecule has 0 radical (unpaired) electrons. The third-order valence-electron chi connectivity index (χ3n) is 2.92. The van der Waals surface area contributed by atoms with Crippen molar-refractivity contribution in [2.75, 3.05) is 7.11 Å². The number of nitrogens with zero attached hydrogens (tertiary/aromatic N) is 1. The van der Waals surface area contributed by atoms with Crippen LogP contribution in [-0.4, -0.2) is 52.9 Å². The van der Waals surface area contributed by atoms with Crippen molar-refractivity contribution in [1.82, 2.24) is 0 Å². The van der Waals surface area contributed by atoms with Crippen LogP contribution in [0.5, 0.6) is 0 Å². The van der Waals surface area contributed by atoms with Crippen molar-refractivity contribution >= 4 is 5.90 Å². The van der Waals surface area contributed by atoms with Crippen molar-refractivity contribution in [3.8, 4) is 0 Å². The van der Waals surface area contributed by atoms with Gasteiger partial charge in [0, 0.05) is 25.5 Å². The normalized spacial score (nSPS) is 21.1. The number of aliphatic hydroxyl groups is 3. The minimum Gasteiger partial charge on any atom is -0.448 e. The summed E-state index contributed by atoms with van der Waals surface area (Å²) in [7, 11) is 1.00. The van der Waals surface area contributed by atoms with Gasteiger partial charge < -0.3 is 20.1 Å². The van der Waals surface area contributed by atoms with Gasteiger partial charge in [-0.3, -0.25) is 0 Å². The zero-order chi connectivity index (χ0) is 18.8. The van der Waals surface area contributed by atoms with Gasteiger partial charge in [0.1, 0.15) is 0 Å². The summed E-state index contributed by atoms with van der Waals surface area (Å²) in [5.74, 6) is 0.0868. The number of ether oxygens (including phenoxy) is 1. The number of aliphatic hydroxyl groups excluding tert-OH is 3. The molecule has 1 aliphatic heterocycles. The SMILES string of the molecule is CC.CO.OC1CC(CC(O)C(F)(F)F)N=C(c2ccccc2)O1. The van der Waals surface area contributed by atoms with Crippen LogP contribution < -0.4 is 0 Å². The molecule has 0 fully saturated rings. The fraction of sp³-hybridized carbons (Fsp3) is 0.562. The molecule has 2 rings (SSSR count). The maximum atomic E-state index is 12.3. The summed E-state index contributed by atoms with van der Waals surface area (Å²) < 4.78 is 42.1. The van der Waals surface area contributed by atoms with E-state index in [4.69, 9.17) is 14.9 Å². The lowest BCUT2D eigenvalue weighted by Gasteiger charge is -2.27. The Labute approximate surface area is 139 Å². The Hall–Kier alpha value is -1.64. The van der Waals surface area contributed by atoms with Crippen molar-refractivity contribution in [3.63, 3.8) is 0 Å². The minimum absolute atomic E-state index is 0.0799. The number of aliphatic imine (C=N–C) groups is 1. The van der Waals surface area contributed by atoms with Crippen LogP contribution in [0, 0.1) is 0 Å². The Morgan fingerprint density at radius 2 is 1.75 bits per heavy atom. The van der Waals surface area contributed by atoms with E-state index in [1.165, 1.54) is 0 Å². The summed E-state index contributed by atoms with van der Waals surface area (Å²) in [6, 6.07) is 7.73. The van der Waals surface area contributed by atoms with Gasteiger partial charge in [0.2, 0.25) is 12.2 Å². The van der Waals surface area contributed by atoms with Gasteiger partial charge in [-0.05, 0) is 12.1 Å². The highest BCUT2D eigenvalue weighted by Crippen LogP contribution is 2.27. The molecule has 1 aromatic rings. The molecule has 0 amide bonds. The van der Waals surface area contributed by atoms with Crippen LogP contribution in [0.15, 0.2) is 35.3 Å². The highest BCUT2D eigenvalue weighted by Gasteiger charge is 2.40. The van der Waals surface area contributed by atoms with E-state index in [0.717, 1.165) is 7.11 Å². The molecule has 24 heavy (non-hydrogen) atoms. The van der Waals surface area contributed by atoms with Crippen molar-refractivity contribution in [2.24, 2.45) is 4.99 Å². The largest absolute Gasteiger partial charge is 0.448 e. The Balaban J connectivity index is 0.00000123. The van der Waals surface area contributed by atoms with E-state index in [-0.39, 0.29) is 12.3 Å². The molecule has 0 spiro atoms. The lowest BCUT2D eigenvalue weighted by Crippen LogP contribution is -2.36. The topological polar surface area (TPSA) is 82.3 Å². The van der Waals surface area contributed by atoms with Crippen LogP contribution in [0.1, 0.15) is 32.3 Å². The van der Waals surface area contributed by atoms with Gasteiger partial charge >= 0.3 is 6.18 Å². The molecule has 3 N–H and O–H groups in total. The first-order chi connectivity index (χ1) is 11.4. The van der Waals surface area contributed by atoms with Crippen LogP contribution in [0.25, 0.3) is 0 Å². The summed E-state index contributed by atoms with van der Waals surface area (Å²) in [6.45, 7) is 4.00. The van der Waals surface area contributed by atoms with Gasteiger partial charge in [-0.15, -0.1) is 0 Å². The predicted molar refractivity (Wildman–Crippen MR) is 84.6 cm³/mol. The summed E-state index contributed by atoms with van der Waals surface area (Å²) in [6.07, 6.45) is -9.05. The van der Waals surface area contributed by atoms with Crippen molar-refractivity contribution in [1.29, 1.82) is 0 Å². The quantitative estimate of drug-likeness (QED) is 0.781. The molecule has 0 saturated heterocycles. The molecule has 3 unspecified atom stereocenters. The first-order valence-electron chi connectivity index (χ1n) is 7.53. The van der Waals surface area contributed by atoms with Crippen LogP contribution in [-0.2, 0) is 4.74 Å². The number of hydrogen-bond acceptors (Lipinski definition) is 5. The van der Waals surface area contributed by atoms with Crippen LogP contribution in [0.2, 0.25) is 0 Å². The average molecular weight is 351 g/mol. The fourth-order valence-electron chi connectivity index (χ4n) is 1.92. The van der Waals surface area contributed by atoms with Crippen molar-refractivity contribution < 1.29 is 33.2 Å². The van der Waals surface area contributed by atoms with Gasteiger partial charge in [0.15, 0.2) is 6.10 Å². The predicted octanol–water partition coefficient (Wildman–Crippen LogP) is 2.49. The Morgan fingerprint density at radius 3 is 2.25 bits per heavy atom. The molecule has 0 aliphatic carbocycles. The van der Waals surface area contributed by atoms with E-state index in [9.17, 15) is 18.3 Å². The second-order valence-electron chi connectivity index (χ2n) is 4.56. The van der Waals surface area contributed by atoms with Crippen LogP contribution >= 0.6 is 0 Å². The van der Waals surface area contributed by atoms with Crippen molar-refractivity contribution in [3.05, 3.63) is 35.9 Å². The number of benzene rings is 1. The molecule has 0 bridgehead atoms.